The van der Waals surface area contributed by atoms with Crippen molar-refractivity contribution < 1.29 is 9.53 Å². The van der Waals surface area contributed by atoms with Crippen LogP contribution in [0.15, 0.2) is 54.6 Å². The molecule has 1 amide bonds. The molecule has 0 spiro atoms. The molecule has 3 nitrogen and oxygen atoms in total. The molecule has 2 aliphatic heterocycles. The molecule has 0 radical (unpaired) electrons. The van der Waals surface area contributed by atoms with Crippen molar-refractivity contribution in [3.05, 3.63) is 65.7 Å². The minimum atomic E-state index is -0.344. The summed E-state index contributed by atoms with van der Waals surface area (Å²) >= 11 is 0. The molecule has 4 rings (SSSR count). The van der Waals surface area contributed by atoms with Crippen LogP contribution in [0.2, 0.25) is 0 Å². The Hall–Kier alpha value is -2.29. The molecule has 23 heavy (non-hydrogen) atoms. The highest BCUT2D eigenvalue weighted by molar-refractivity contribution is 5.83. The van der Waals surface area contributed by atoms with Crippen molar-refractivity contribution in [1.82, 2.24) is 4.90 Å². The third kappa shape index (κ3) is 2.83. The van der Waals surface area contributed by atoms with E-state index in [1.54, 1.807) is 0 Å². The molecule has 3 heteroatoms. The van der Waals surface area contributed by atoms with E-state index >= 15 is 0 Å². The maximum absolute atomic E-state index is 12.9. The van der Waals surface area contributed by atoms with Crippen molar-refractivity contribution in [3.63, 3.8) is 0 Å². The van der Waals surface area contributed by atoms with Crippen LogP contribution in [0.5, 0.6) is 5.75 Å². The van der Waals surface area contributed by atoms with E-state index in [4.69, 9.17) is 4.74 Å². The minimum Gasteiger partial charge on any atom is -0.480 e. The summed E-state index contributed by atoms with van der Waals surface area (Å²) in [4.78, 5) is 15.0. The van der Waals surface area contributed by atoms with Gasteiger partial charge in [0.05, 0.1) is 0 Å². The second-order valence-corrected chi connectivity index (χ2v) is 6.44. The Morgan fingerprint density at radius 3 is 2.70 bits per heavy atom. The Balaban J connectivity index is 1.46. The average Bonchev–Trinajstić information content (AvgIpc) is 3.21. The Bertz CT molecular complexity index is 673. The first kappa shape index (κ1) is 14.3. The maximum atomic E-state index is 12.9. The predicted octanol–water partition coefficient (Wildman–Crippen LogP) is 3.22. The molecule has 0 aliphatic carbocycles. The molecular weight excluding hydrogens is 286 g/mol. The van der Waals surface area contributed by atoms with E-state index in [1.165, 1.54) is 5.56 Å². The number of fused-ring (bicyclic) bond motifs is 1. The van der Waals surface area contributed by atoms with Crippen molar-refractivity contribution in [2.75, 3.05) is 6.54 Å². The van der Waals surface area contributed by atoms with Gasteiger partial charge in [-0.25, -0.2) is 0 Å². The van der Waals surface area contributed by atoms with E-state index in [-0.39, 0.29) is 12.0 Å². The van der Waals surface area contributed by atoms with Crippen LogP contribution in [0.25, 0.3) is 0 Å². The number of carbonyl (C=O) groups excluding carboxylic acids is 1. The van der Waals surface area contributed by atoms with Crippen molar-refractivity contribution in [2.24, 2.45) is 0 Å². The molecular formula is C20H21NO2. The molecule has 2 aromatic rings. The second-order valence-electron chi connectivity index (χ2n) is 6.44. The molecule has 2 unspecified atom stereocenters. The van der Waals surface area contributed by atoms with Gasteiger partial charge in [-0.05, 0) is 36.5 Å². The predicted molar refractivity (Wildman–Crippen MR) is 89.4 cm³/mol. The summed E-state index contributed by atoms with van der Waals surface area (Å²) in [5, 5.41) is 0. The highest BCUT2D eigenvalue weighted by Crippen LogP contribution is 2.31. The molecule has 0 N–H and O–H groups in total. The number of amides is 1. The Labute approximate surface area is 136 Å². The Kier molecular flexibility index (Phi) is 3.78. The van der Waals surface area contributed by atoms with Crippen LogP contribution in [0, 0.1) is 0 Å². The third-order valence-electron chi connectivity index (χ3n) is 4.90. The van der Waals surface area contributed by atoms with Crippen molar-refractivity contribution in [2.45, 2.75) is 37.8 Å². The summed E-state index contributed by atoms with van der Waals surface area (Å²) in [6, 6.07) is 18.7. The number of hydrogen-bond acceptors (Lipinski definition) is 2. The standard InChI is InChI=1S/C20H21NO2/c22-20(19-14-16-9-4-5-11-18(16)23-19)21-12-6-10-17(21)13-15-7-2-1-3-8-15/h1-5,7-9,11,17,19H,6,10,12-14H2. The van der Waals surface area contributed by atoms with Gasteiger partial charge in [-0.2, -0.15) is 0 Å². The van der Waals surface area contributed by atoms with Crippen molar-refractivity contribution >= 4 is 5.91 Å². The zero-order chi connectivity index (χ0) is 15.6. The molecule has 2 aliphatic rings. The second kappa shape index (κ2) is 6.07. The first-order chi connectivity index (χ1) is 11.3. The highest BCUT2D eigenvalue weighted by Gasteiger charge is 2.37. The van der Waals surface area contributed by atoms with Crippen LogP contribution in [0.3, 0.4) is 0 Å². The minimum absolute atomic E-state index is 0.152. The summed E-state index contributed by atoms with van der Waals surface area (Å²) in [6.45, 7) is 0.854. The summed E-state index contributed by atoms with van der Waals surface area (Å²) in [7, 11) is 0. The number of carbonyl (C=O) groups is 1. The van der Waals surface area contributed by atoms with E-state index in [1.807, 2.05) is 35.2 Å². The van der Waals surface area contributed by atoms with Crippen LogP contribution in [0.1, 0.15) is 24.0 Å². The molecule has 1 fully saturated rings. The third-order valence-corrected chi connectivity index (χ3v) is 4.90. The summed E-state index contributed by atoms with van der Waals surface area (Å²) < 4.78 is 5.89. The molecule has 0 saturated carbocycles. The first-order valence-electron chi connectivity index (χ1n) is 8.40. The normalized spacial score (nSPS) is 22.7. The topological polar surface area (TPSA) is 29.5 Å². The molecule has 118 valence electrons. The van der Waals surface area contributed by atoms with Gasteiger partial charge in [-0.1, -0.05) is 48.5 Å². The number of hydrogen-bond donors (Lipinski definition) is 0. The zero-order valence-electron chi connectivity index (χ0n) is 13.2. The van der Waals surface area contributed by atoms with Crippen LogP contribution in [-0.2, 0) is 17.6 Å². The van der Waals surface area contributed by atoms with Gasteiger partial charge in [0, 0.05) is 19.0 Å². The summed E-state index contributed by atoms with van der Waals surface area (Å²) in [5.41, 5.74) is 2.44. The van der Waals surface area contributed by atoms with Gasteiger partial charge in [0.1, 0.15) is 5.75 Å². The number of ether oxygens (including phenoxy) is 1. The lowest BCUT2D eigenvalue weighted by Gasteiger charge is -2.27. The molecule has 2 atom stereocenters. The van der Waals surface area contributed by atoms with Gasteiger partial charge in [0.2, 0.25) is 0 Å². The van der Waals surface area contributed by atoms with Gasteiger partial charge < -0.3 is 9.64 Å². The van der Waals surface area contributed by atoms with Gasteiger partial charge in [0.25, 0.3) is 5.91 Å². The lowest BCUT2D eigenvalue weighted by Crippen LogP contribution is -2.44. The van der Waals surface area contributed by atoms with Crippen LogP contribution < -0.4 is 4.74 Å². The quantitative estimate of drug-likeness (QED) is 0.871. The first-order valence-corrected chi connectivity index (χ1v) is 8.40. The molecule has 0 bridgehead atoms. The number of likely N-dealkylation sites (tertiary alicyclic amines) is 1. The number of para-hydroxylation sites is 1. The van der Waals surface area contributed by atoms with E-state index in [0.717, 1.165) is 37.1 Å². The number of nitrogens with zero attached hydrogens (tertiary/aromatic N) is 1. The zero-order valence-corrected chi connectivity index (χ0v) is 13.2. The van der Waals surface area contributed by atoms with E-state index in [9.17, 15) is 4.79 Å². The van der Waals surface area contributed by atoms with Gasteiger partial charge >= 0.3 is 0 Å². The maximum Gasteiger partial charge on any atom is 0.264 e. The van der Waals surface area contributed by atoms with Gasteiger partial charge in [0.15, 0.2) is 6.10 Å². The smallest absolute Gasteiger partial charge is 0.264 e. The molecule has 2 aromatic carbocycles. The van der Waals surface area contributed by atoms with E-state index in [2.05, 4.69) is 24.3 Å². The monoisotopic (exact) mass is 307 g/mol. The van der Waals surface area contributed by atoms with Gasteiger partial charge in [-0.15, -0.1) is 0 Å². The lowest BCUT2D eigenvalue weighted by molar-refractivity contribution is -0.138. The number of rotatable bonds is 3. The van der Waals surface area contributed by atoms with Crippen molar-refractivity contribution in [3.8, 4) is 5.75 Å². The van der Waals surface area contributed by atoms with Gasteiger partial charge in [-0.3, -0.25) is 4.79 Å². The SMILES string of the molecule is O=C(C1Cc2ccccc2O1)N1CCCC1Cc1ccccc1. The largest absolute Gasteiger partial charge is 0.480 e. The highest BCUT2D eigenvalue weighted by atomic mass is 16.5. The van der Waals surface area contributed by atoms with E-state index < -0.39 is 0 Å². The van der Waals surface area contributed by atoms with Crippen LogP contribution in [0.4, 0.5) is 0 Å². The molecule has 1 saturated heterocycles. The Morgan fingerprint density at radius 1 is 1.09 bits per heavy atom. The lowest BCUT2D eigenvalue weighted by atomic mass is 10.0. The Morgan fingerprint density at radius 2 is 1.87 bits per heavy atom. The van der Waals surface area contributed by atoms with E-state index in [0.29, 0.717) is 12.5 Å². The van der Waals surface area contributed by atoms with Crippen LogP contribution in [-0.4, -0.2) is 29.5 Å². The fourth-order valence-corrected chi connectivity index (χ4v) is 3.73. The van der Waals surface area contributed by atoms with Crippen LogP contribution >= 0.6 is 0 Å². The fraction of sp³-hybridized carbons (Fsp3) is 0.350. The number of benzene rings is 2. The molecule has 2 heterocycles. The van der Waals surface area contributed by atoms with Crippen molar-refractivity contribution in [1.29, 1.82) is 0 Å². The summed E-state index contributed by atoms with van der Waals surface area (Å²) in [5.74, 6) is 1.02. The average molecular weight is 307 g/mol. The molecule has 0 aromatic heterocycles. The summed E-state index contributed by atoms with van der Waals surface area (Å²) in [6.07, 6.45) is 3.46. The fourth-order valence-electron chi connectivity index (χ4n) is 3.73.